The highest BCUT2D eigenvalue weighted by atomic mass is 35.5. The zero-order valence-electron chi connectivity index (χ0n) is 18.2. The summed E-state index contributed by atoms with van der Waals surface area (Å²) >= 11 is 6.08. The number of benzene rings is 2. The summed E-state index contributed by atoms with van der Waals surface area (Å²) < 4.78 is 5.22. The molecule has 0 bridgehead atoms. The number of amides is 2. The van der Waals surface area contributed by atoms with E-state index < -0.39 is 6.04 Å². The van der Waals surface area contributed by atoms with E-state index in [2.05, 4.69) is 5.32 Å². The van der Waals surface area contributed by atoms with Gasteiger partial charge in [-0.25, -0.2) is 0 Å². The largest absolute Gasteiger partial charge is 0.497 e. The first-order chi connectivity index (χ1) is 14.3. The van der Waals surface area contributed by atoms with Gasteiger partial charge in [-0.05, 0) is 47.7 Å². The van der Waals surface area contributed by atoms with Crippen LogP contribution in [0.25, 0.3) is 0 Å². The molecular formula is C24H31ClN2O3. The lowest BCUT2D eigenvalue weighted by atomic mass is 10.1. The summed E-state index contributed by atoms with van der Waals surface area (Å²) in [4.78, 5) is 27.8. The molecule has 0 spiro atoms. The molecule has 0 saturated carbocycles. The van der Waals surface area contributed by atoms with Crippen molar-refractivity contribution in [3.63, 3.8) is 0 Å². The van der Waals surface area contributed by atoms with E-state index in [0.29, 0.717) is 30.5 Å². The average Bonchev–Trinajstić information content (AvgIpc) is 2.72. The Kier molecular flexibility index (Phi) is 9.18. The molecule has 30 heavy (non-hydrogen) atoms. The maximum absolute atomic E-state index is 13.3. The Bertz CT molecular complexity index is 837. The molecule has 6 heteroatoms. The summed E-state index contributed by atoms with van der Waals surface area (Å²) in [6.07, 6.45) is 0.714. The van der Waals surface area contributed by atoms with E-state index in [1.54, 1.807) is 24.1 Å². The predicted octanol–water partition coefficient (Wildman–Crippen LogP) is 4.47. The number of hydrogen-bond donors (Lipinski definition) is 1. The van der Waals surface area contributed by atoms with Crippen LogP contribution in [0.3, 0.4) is 0 Å². The number of carbonyl (C=O) groups excluding carboxylic acids is 2. The molecule has 2 aromatic carbocycles. The van der Waals surface area contributed by atoms with Crippen LogP contribution in [0, 0.1) is 5.92 Å². The number of halogens is 1. The van der Waals surface area contributed by atoms with Crippen LogP contribution in [0.2, 0.25) is 5.02 Å². The molecule has 0 unspecified atom stereocenters. The molecule has 0 aliphatic rings. The van der Waals surface area contributed by atoms with E-state index in [1.807, 2.05) is 57.2 Å². The van der Waals surface area contributed by atoms with Gasteiger partial charge >= 0.3 is 0 Å². The van der Waals surface area contributed by atoms with Gasteiger partial charge in [0.25, 0.3) is 0 Å². The third-order valence-electron chi connectivity index (χ3n) is 4.83. The van der Waals surface area contributed by atoms with Crippen molar-refractivity contribution in [3.05, 3.63) is 64.7 Å². The first-order valence-corrected chi connectivity index (χ1v) is 10.7. The Morgan fingerprint density at radius 2 is 1.80 bits per heavy atom. The van der Waals surface area contributed by atoms with Crippen LogP contribution >= 0.6 is 11.6 Å². The van der Waals surface area contributed by atoms with Crippen LogP contribution in [-0.2, 0) is 22.6 Å². The first-order valence-electron chi connectivity index (χ1n) is 10.3. The van der Waals surface area contributed by atoms with Crippen molar-refractivity contribution in [2.24, 2.45) is 5.92 Å². The van der Waals surface area contributed by atoms with Gasteiger partial charge in [0.1, 0.15) is 11.8 Å². The fraction of sp³-hybridized carbons (Fsp3) is 0.417. The summed E-state index contributed by atoms with van der Waals surface area (Å²) in [6.45, 7) is 6.93. The van der Waals surface area contributed by atoms with Gasteiger partial charge in [-0.3, -0.25) is 9.59 Å². The first kappa shape index (κ1) is 23.7. The molecule has 0 radical (unpaired) electrons. The van der Waals surface area contributed by atoms with Crippen molar-refractivity contribution in [3.8, 4) is 5.75 Å². The summed E-state index contributed by atoms with van der Waals surface area (Å²) in [6, 6.07) is 14.2. The second-order valence-electron chi connectivity index (χ2n) is 7.74. The Hall–Kier alpha value is -2.53. The molecule has 162 valence electrons. The number of rotatable bonds is 10. The van der Waals surface area contributed by atoms with Crippen molar-refractivity contribution in [1.82, 2.24) is 10.2 Å². The van der Waals surface area contributed by atoms with Crippen LogP contribution in [0.15, 0.2) is 48.5 Å². The summed E-state index contributed by atoms with van der Waals surface area (Å²) in [7, 11) is 1.61. The smallest absolute Gasteiger partial charge is 0.242 e. The van der Waals surface area contributed by atoms with Crippen LogP contribution in [0.5, 0.6) is 5.75 Å². The predicted molar refractivity (Wildman–Crippen MR) is 121 cm³/mol. The SMILES string of the molecule is CC[C@H](C(=O)NCC(C)C)N(Cc1ccc(OC)cc1)C(=O)Cc1cccc(Cl)c1. The van der Waals surface area contributed by atoms with Crippen molar-refractivity contribution in [1.29, 1.82) is 0 Å². The zero-order chi connectivity index (χ0) is 22.1. The number of nitrogens with one attached hydrogen (secondary N) is 1. The molecule has 0 aliphatic carbocycles. The lowest BCUT2D eigenvalue weighted by Gasteiger charge is -2.31. The lowest BCUT2D eigenvalue weighted by molar-refractivity contribution is -0.141. The van der Waals surface area contributed by atoms with Gasteiger partial charge in [0.15, 0.2) is 0 Å². The van der Waals surface area contributed by atoms with Crippen molar-refractivity contribution in [2.75, 3.05) is 13.7 Å². The van der Waals surface area contributed by atoms with E-state index >= 15 is 0 Å². The van der Waals surface area contributed by atoms with Gasteiger partial charge < -0.3 is 15.0 Å². The van der Waals surface area contributed by atoms with Gasteiger partial charge in [0, 0.05) is 18.1 Å². The van der Waals surface area contributed by atoms with Crippen LogP contribution in [0.4, 0.5) is 0 Å². The summed E-state index contributed by atoms with van der Waals surface area (Å²) in [5.41, 5.74) is 1.76. The van der Waals surface area contributed by atoms with Crippen LogP contribution < -0.4 is 10.1 Å². The number of methoxy groups -OCH3 is 1. The molecule has 2 rings (SSSR count). The second-order valence-corrected chi connectivity index (χ2v) is 8.18. The van der Waals surface area contributed by atoms with Crippen LogP contribution in [-0.4, -0.2) is 36.4 Å². The quantitative estimate of drug-likeness (QED) is 0.605. The Labute approximate surface area is 184 Å². The Morgan fingerprint density at radius 3 is 2.37 bits per heavy atom. The van der Waals surface area contributed by atoms with Gasteiger partial charge in [0.2, 0.25) is 11.8 Å². The van der Waals surface area contributed by atoms with Gasteiger partial charge in [-0.15, -0.1) is 0 Å². The van der Waals surface area contributed by atoms with E-state index in [-0.39, 0.29) is 18.2 Å². The third kappa shape index (κ3) is 7.06. The molecule has 0 saturated heterocycles. The summed E-state index contributed by atoms with van der Waals surface area (Å²) in [5.74, 6) is 0.847. The van der Waals surface area contributed by atoms with E-state index in [9.17, 15) is 9.59 Å². The fourth-order valence-corrected chi connectivity index (χ4v) is 3.41. The molecule has 0 fully saturated rings. The van der Waals surface area contributed by atoms with Crippen molar-refractivity contribution in [2.45, 2.75) is 46.2 Å². The molecule has 0 aromatic heterocycles. The Morgan fingerprint density at radius 1 is 1.10 bits per heavy atom. The van der Waals surface area contributed by atoms with E-state index in [1.165, 1.54) is 0 Å². The van der Waals surface area contributed by atoms with E-state index in [4.69, 9.17) is 16.3 Å². The van der Waals surface area contributed by atoms with Crippen LogP contribution in [0.1, 0.15) is 38.3 Å². The standard InChI is InChI=1S/C24H31ClN2O3/c1-5-22(24(29)26-15-17(2)3)27(16-18-9-11-21(30-4)12-10-18)23(28)14-19-7-6-8-20(25)13-19/h6-13,17,22H,5,14-16H2,1-4H3,(H,26,29)/t22-/m1/s1. The molecule has 0 aliphatic heterocycles. The molecule has 2 amide bonds. The van der Waals surface area contributed by atoms with Gasteiger partial charge in [0.05, 0.1) is 13.5 Å². The minimum Gasteiger partial charge on any atom is -0.497 e. The molecule has 1 N–H and O–H groups in total. The fourth-order valence-electron chi connectivity index (χ4n) is 3.19. The third-order valence-corrected chi connectivity index (χ3v) is 5.06. The molecule has 5 nitrogen and oxygen atoms in total. The zero-order valence-corrected chi connectivity index (χ0v) is 18.9. The average molecular weight is 431 g/mol. The molecule has 2 aromatic rings. The highest BCUT2D eigenvalue weighted by Crippen LogP contribution is 2.18. The highest BCUT2D eigenvalue weighted by Gasteiger charge is 2.28. The Balaban J connectivity index is 2.26. The normalized spacial score (nSPS) is 11.8. The van der Waals surface area contributed by atoms with Gasteiger partial charge in [-0.2, -0.15) is 0 Å². The summed E-state index contributed by atoms with van der Waals surface area (Å²) in [5, 5.41) is 3.56. The number of carbonyl (C=O) groups is 2. The monoisotopic (exact) mass is 430 g/mol. The van der Waals surface area contributed by atoms with Gasteiger partial charge in [-0.1, -0.05) is 56.6 Å². The second kappa shape index (κ2) is 11.6. The highest BCUT2D eigenvalue weighted by molar-refractivity contribution is 6.30. The lowest BCUT2D eigenvalue weighted by Crippen LogP contribution is -2.50. The van der Waals surface area contributed by atoms with Crippen molar-refractivity contribution < 1.29 is 14.3 Å². The molecule has 0 heterocycles. The maximum atomic E-state index is 13.3. The van der Waals surface area contributed by atoms with Crippen molar-refractivity contribution >= 4 is 23.4 Å². The molecule has 1 atom stereocenters. The topological polar surface area (TPSA) is 58.6 Å². The minimum atomic E-state index is -0.544. The molecular weight excluding hydrogens is 400 g/mol. The van der Waals surface area contributed by atoms with E-state index in [0.717, 1.165) is 16.9 Å². The maximum Gasteiger partial charge on any atom is 0.242 e. The number of ether oxygens (including phenoxy) is 1. The number of nitrogens with zero attached hydrogens (tertiary/aromatic N) is 1. The number of hydrogen-bond acceptors (Lipinski definition) is 3. The minimum absolute atomic E-state index is 0.111.